The van der Waals surface area contributed by atoms with Gasteiger partial charge in [0.25, 0.3) is 5.56 Å². The van der Waals surface area contributed by atoms with Gasteiger partial charge in [0.2, 0.25) is 0 Å². The van der Waals surface area contributed by atoms with E-state index in [2.05, 4.69) is 11.5 Å². The van der Waals surface area contributed by atoms with E-state index >= 15 is 0 Å². The monoisotopic (exact) mass is 377 g/mol. The number of piperidine rings is 1. The molecular formula is C23H24FN3O. The van der Waals surface area contributed by atoms with Crippen molar-refractivity contribution < 1.29 is 4.39 Å². The molecule has 2 aromatic carbocycles. The van der Waals surface area contributed by atoms with Crippen LogP contribution in [0, 0.1) is 5.82 Å². The summed E-state index contributed by atoms with van der Waals surface area (Å²) in [6, 6.07) is 14.2. The lowest BCUT2D eigenvalue weighted by atomic mass is 10.0. The Kier molecular flexibility index (Phi) is 5.35. The molecule has 0 aliphatic carbocycles. The van der Waals surface area contributed by atoms with Crippen LogP contribution in [0.4, 0.5) is 4.39 Å². The molecular weight excluding hydrogens is 353 g/mol. The first-order chi connectivity index (χ1) is 13.7. The molecule has 0 N–H and O–H groups in total. The molecule has 3 aromatic rings. The van der Waals surface area contributed by atoms with Crippen LogP contribution in [0.5, 0.6) is 0 Å². The molecule has 1 fully saturated rings. The number of nitrogens with zero attached hydrogens (tertiary/aromatic N) is 3. The summed E-state index contributed by atoms with van der Waals surface area (Å²) < 4.78 is 14.9. The molecule has 1 saturated heterocycles. The first-order valence-corrected chi connectivity index (χ1v) is 9.74. The van der Waals surface area contributed by atoms with E-state index < -0.39 is 0 Å². The fraction of sp³-hybridized carbons (Fsp3) is 0.304. The first-order valence-electron chi connectivity index (χ1n) is 9.74. The highest BCUT2D eigenvalue weighted by Gasteiger charge is 2.23. The van der Waals surface area contributed by atoms with E-state index in [1.807, 2.05) is 30.3 Å². The molecule has 2 heterocycles. The average Bonchev–Trinajstić information content (AvgIpc) is 2.73. The second-order valence-electron chi connectivity index (χ2n) is 7.37. The van der Waals surface area contributed by atoms with Crippen LogP contribution in [0.1, 0.15) is 30.1 Å². The zero-order chi connectivity index (χ0) is 19.5. The maximum atomic E-state index is 13.3. The van der Waals surface area contributed by atoms with Crippen LogP contribution < -0.4 is 5.56 Å². The van der Waals surface area contributed by atoms with Gasteiger partial charge in [0.1, 0.15) is 5.82 Å². The zero-order valence-electron chi connectivity index (χ0n) is 15.9. The summed E-state index contributed by atoms with van der Waals surface area (Å²) in [5.74, 6) is -0.252. The number of benzene rings is 2. The number of halogens is 1. The molecule has 0 saturated carbocycles. The molecule has 4 rings (SSSR count). The molecule has 1 aromatic heterocycles. The highest BCUT2D eigenvalue weighted by Crippen LogP contribution is 2.23. The van der Waals surface area contributed by atoms with E-state index in [1.54, 1.807) is 16.8 Å². The highest BCUT2D eigenvalue weighted by atomic mass is 19.1. The van der Waals surface area contributed by atoms with Crippen molar-refractivity contribution in [1.82, 2.24) is 14.7 Å². The van der Waals surface area contributed by atoms with Gasteiger partial charge < -0.3 is 0 Å². The number of likely N-dealkylation sites (tertiary alicyclic amines) is 1. The van der Waals surface area contributed by atoms with Gasteiger partial charge in [-0.15, -0.1) is 6.58 Å². The highest BCUT2D eigenvalue weighted by molar-refractivity contribution is 5.83. The van der Waals surface area contributed by atoms with Crippen molar-refractivity contribution in [3.05, 3.63) is 88.6 Å². The number of hydrogen-bond donors (Lipinski definition) is 0. The summed E-state index contributed by atoms with van der Waals surface area (Å²) in [7, 11) is 0. The lowest BCUT2D eigenvalue weighted by Gasteiger charge is -2.31. The lowest BCUT2D eigenvalue weighted by molar-refractivity contribution is 0.192. The fourth-order valence-corrected chi connectivity index (χ4v) is 3.98. The van der Waals surface area contributed by atoms with Crippen molar-refractivity contribution in [3.8, 4) is 0 Å². The van der Waals surface area contributed by atoms with Crippen molar-refractivity contribution in [2.45, 2.75) is 25.3 Å². The minimum atomic E-state index is -0.252. The van der Waals surface area contributed by atoms with Crippen molar-refractivity contribution in [2.24, 2.45) is 0 Å². The molecule has 4 nitrogen and oxygen atoms in total. The van der Waals surface area contributed by atoms with Crippen LogP contribution in [0.15, 0.2) is 66.0 Å². The van der Waals surface area contributed by atoms with Crippen molar-refractivity contribution in [3.63, 3.8) is 0 Å². The summed E-state index contributed by atoms with van der Waals surface area (Å²) in [6.07, 6.45) is 4.28. The van der Waals surface area contributed by atoms with Crippen LogP contribution in [-0.4, -0.2) is 34.3 Å². The Morgan fingerprint density at radius 1 is 1.07 bits per heavy atom. The molecule has 0 bridgehead atoms. The smallest absolute Gasteiger partial charge is 0.274 e. The Labute approximate surface area is 163 Å². The summed E-state index contributed by atoms with van der Waals surface area (Å²) in [6.45, 7) is 6.55. The minimum Gasteiger partial charge on any atom is -0.300 e. The van der Waals surface area contributed by atoms with Crippen LogP contribution >= 0.6 is 0 Å². The SMILES string of the molecule is C=CCN1CCC(n2nc(Cc3ccc(F)cc3)c3ccccc3c2=O)CC1. The van der Waals surface area contributed by atoms with Crippen LogP contribution in [-0.2, 0) is 6.42 Å². The topological polar surface area (TPSA) is 38.1 Å². The van der Waals surface area contributed by atoms with Gasteiger partial charge in [0.15, 0.2) is 0 Å². The third-order valence-corrected chi connectivity index (χ3v) is 5.48. The second kappa shape index (κ2) is 8.07. The summed E-state index contributed by atoms with van der Waals surface area (Å²) in [4.78, 5) is 15.4. The average molecular weight is 377 g/mol. The van der Waals surface area contributed by atoms with E-state index in [4.69, 9.17) is 5.10 Å². The largest absolute Gasteiger partial charge is 0.300 e. The predicted octanol–water partition coefficient (Wildman–Crippen LogP) is 3.95. The zero-order valence-corrected chi connectivity index (χ0v) is 15.9. The third-order valence-electron chi connectivity index (χ3n) is 5.48. The van der Waals surface area contributed by atoms with E-state index in [-0.39, 0.29) is 17.4 Å². The van der Waals surface area contributed by atoms with Crippen LogP contribution in [0.3, 0.4) is 0 Å². The predicted molar refractivity (Wildman–Crippen MR) is 110 cm³/mol. The third kappa shape index (κ3) is 3.76. The van der Waals surface area contributed by atoms with Gasteiger partial charge in [0.05, 0.1) is 17.1 Å². The molecule has 144 valence electrons. The van der Waals surface area contributed by atoms with Gasteiger partial charge in [-0.3, -0.25) is 9.69 Å². The molecule has 0 atom stereocenters. The Morgan fingerprint density at radius 2 is 1.75 bits per heavy atom. The molecule has 0 radical (unpaired) electrons. The van der Waals surface area contributed by atoms with Gasteiger partial charge in [-0.25, -0.2) is 9.07 Å². The number of fused-ring (bicyclic) bond motifs is 1. The number of aromatic nitrogens is 2. The molecule has 0 spiro atoms. The van der Waals surface area contributed by atoms with Crippen LogP contribution in [0.25, 0.3) is 10.8 Å². The Hall–Kier alpha value is -2.79. The molecule has 1 aliphatic heterocycles. The quantitative estimate of drug-likeness (QED) is 0.632. The molecule has 1 aliphatic rings. The minimum absolute atomic E-state index is 0.0272. The van der Waals surface area contributed by atoms with Gasteiger partial charge >= 0.3 is 0 Å². The van der Waals surface area contributed by atoms with Gasteiger partial charge in [-0.05, 0) is 36.6 Å². The van der Waals surface area contributed by atoms with Gasteiger partial charge in [-0.1, -0.05) is 36.4 Å². The van der Waals surface area contributed by atoms with E-state index in [0.29, 0.717) is 11.8 Å². The Morgan fingerprint density at radius 3 is 2.43 bits per heavy atom. The van der Waals surface area contributed by atoms with E-state index in [9.17, 15) is 9.18 Å². The summed E-state index contributed by atoms with van der Waals surface area (Å²) in [5, 5.41) is 6.35. The lowest BCUT2D eigenvalue weighted by Crippen LogP contribution is -2.38. The van der Waals surface area contributed by atoms with E-state index in [0.717, 1.165) is 49.1 Å². The second-order valence-corrected chi connectivity index (χ2v) is 7.37. The Balaban J connectivity index is 1.71. The van der Waals surface area contributed by atoms with Crippen molar-refractivity contribution in [1.29, 1.82) is 0 Å². The molecule has 5 heteroatoms. The van der Waals surface area contributed by atoms with Crippen LogP contribution in [0.2, 0.25) is 0 Å². The number of rotatable bonds is 5. The van der Waals surface area contributed by atoms with Crippen molar-refractivity contribution in [2.75, 3.05) is 19.6 Å². The maximum Gasteiger partial charge on any atom is 0.274 e. The van der Waals surface area contributed by atoms with E-state index in [1.165, 1.54) is 12.1 Å². The normalized spacial score (nSPS) is 15.8. The first kappa shape index (κ1) is 18.6. The molecule has 28 heavy (non-hydrogen) atoms. The molecule has 0 unspecified atom stereocenters. The number of hydrogen-bond acceptors (Lipinski definition) is 3. The summed E-state index contributed by atoms with van der Waals surface area (Å²) >= 11 is 0. The summed E-state index contributed by atoms with van der Waals surface area (Å²) in [5.41, 5.74) is 1.81. The molecule has 0 amide bonds. The van der Waals surface area contributed by atoms with Gasteiger partial charge in [0, 0.05) is 31.4 Å². The fourth-order valence-electron chi connectivity index (χ4n) is 3.98. The Bertz CT molecular complexity index is 1030. The van der Waals surface area contributed by atoms with Gasteiger partial charge in [-0.2, -0.15) is 5.10 Å². The maximum absolute atomic E-state index is 13.3. The van der Waals surface area contributed by atoms with Crippen molar-refractivity contribution >= 4 is 10.8 Å². The standard InChI is InChI=1S/C23H24FN3O/c1-2-13-26-14-11-19(12-15-26)27-23(28)21-6-4-3-5-20(21)22(25-27)16-17-7-9-18(24)10-8-17/h2-10,19H,1,11-16H2.